The van der Waals surface area contributed by atoms with E-state index in [-0.39, 0.29) is 0 Å². The fraction of sp³-hybridized carbons (Fsp3) is 0.857. The Hall–Kier alpha value is -0.850. The molecule has 0 heterocycles. The van der Waals surface area contributed by atoms with Gasteiger partial charge in [0.15, 0.2) is 0 Å². The van der Waals surface area contributed by atoms with Gasteiger partial charge in [0, 0.05) is 0 Å². The zero-order chi connectivity index (χ0) is 11.4. The summed E-state index contributed by atoms with van der Waals surface area (Å²) in [5, 5.41) is 8.21. The summed E-state index contributed by atoms with van der Waals surface area (Å²) in [5.41, 5.74) is 0. The van der Waals surface area contributed by atoms with Crippen LogP contribution in [0, 0.1) is 0 Å². The van der Waals surface area contributed by atoms with Crippen LogP contribution in [-0.4, -0.2) is 36.1 Å². The second kappa shape index (κ2) is 5.14. The van der Waals surface area contributed by atoms with Gasteiger partial charge in [-0.25, -0.2) is 8.78 Å². The van der Waals surface area contributed by atoms with Crippen LogP contribution >= 0.6 is 0 Å². The van der Waals surface area contributed by atoms with Crippen molar-refractivity contribution < 1.29 is 32.2 Å². The third-order valence-electron chi connectivity index (χ3n) is 1.34. The summed E-state index contributed by atoms with van der Waals surface area (Å²) < 4.78 is 51.9. The molecule has 0 bridgehead atoms. The minimum atomic E-state index is -4.23. The van der Waals surface area contributed by atoms with E-state index in [1.165, 1.54) is 6.92 Å². The molecule has 84 valence electrons. The number of carbonyl (C=O) groups is 1. The van der Waals surface area contributed by atoms with Crippen molar-refractivity contribution in [1.29, 1.82) is 0 Å². The van der Waals surface area contributed by atoms with E-state index in [4.69, 9.17) is 5.11 Å². The van der Waals surface area contributed by atoms with Gasteiger partial charge in [0.05, 0.1) is 12.5 Å². The first-order chi connectivity index (χ1) is 6.25. The number of alkyl halides is 4. The van der Waals surface area contributed by atoms with Crippen molar-refractivity contribution in [2.75, 3.05) is 6.61 Å². The lowest BCUT2D eigenvalue weighted by Crippen LogP contribution is -2.34. The van der Waals surface area contributed by atoms with Crippen LogP contribution in [0.3, 0.4) is 0 Å². The van der Waals surface area contributed by atoms with E-state index in [0.717, 1.165) is 0 Å². The second-order valence-electron chi connectivity index (χ2n) is 2.78. The molecule has 1 atom stereocenters. The average Bonchev–Trinajstić information content (AvgIpc) is 1.99. The maximum Gasteiger partial charge on any atom is 0.330 e. The summed E-state index contributed by atoms with van der Waals surface area (Å²) in [4.78, 5) is 10.1. The van der Waals surface area contributed by atoms with Gasteiger partial charge in [0.25, 0.3) is 0 Å². The number of carboxylic acid groups (broad SMARTS) is 1. The Kier molecular flexibility index (Phi) is 4.82. The minimum Gasteiger partial charge on any atom is -0.481 e. The molecule has 0 saturated heterocycles. The molecule has 0 rings (SSSR count). The van der Waals surface area contributed by atoms with Crippen molar-refractivity contribution in [3.63, 3.8) is 0 Å². The van der Waals surface area contributed by atoms with Crippen molar-refractivity contribution in [3.8, 4) is 0 Å². The molecule has 1 N–H and O–H groups in total. The van der Waals surface area contributed by atoms with Crippen LogP contribution in [0.2, 0.25) is 0 Å². The molecule has 0 unspecified atom stereocenters. The quantitative estimate of drug-likeness (QED) is 0.691. The molecule has 0 fully saturated rings. The first kappa shape index (κ1) is 13.2. The Labute approximate surface area is 77.7 Å². The monoisotopic (exact) mass is 218 g/mol. The minimum absolute atomic E-state index is 0.501. The lowest BCUT2D eigenvalue weighted by atomic mass is 10.3. The lowest BCUT2D eigenvalue weighted by Gasteiger charge is -2.17. The highest BCUT2D eigenvalue weighted by atomic mass is 19.3. The molecule has 14 heavy (non-hydrogen) atoms. The molecule has 0 aromatic carbocycles. The Bertz CT molecular complexity index is 195. The van der Waals surface area contributed by atoms with Crippen LogP contribution in [0.15, 0.2) is 0 Å². The smallest absolute Gasteiger partial charge is 0.330 e. The number of halogens is 4. The van der Waals surface area contributed by atoms with E-state index in [9.17, 15) is 22.4 Å². The molecule has 0 saturated carbocycles. The molecule has 0 aliphatic heterocycles. The van der Waals surface area contributed by atoms with Gasteiger partial charge in [-0.15, -0.1) is 0 Å². The molecule has 0 amide bonds. The molecule has 0 aliphatic rings. The SMILES string of the molecule is C[C@H](CC(=O)O)OCC(F)(F)C(F)F. The third kappa shape index (κ3) is 5.00. The van der Waals surface area contributed by atoms with Crippen LogP contribution < -0.4 is 0 Å². The molecular weight excluding hydrogens is 208 g/mol. The zero-order valence-electron chi connectivity index (χ0n) is 7.34. The van der Waals surface area contributed by atoms with Crippen molar-refractivity contribution in [2.45, 2.75) is 31.8 Å². The molecule has 0 aliphatic carbocycles. The highest BCUT2D eigenvalue weighted by Gasteiger charge is 2.41. The van der Waals surface area contributed by atoms with Gasteiger partial charge in [0.1, 0.15) is 6.61 Å². The summed E-state index contributed by atoms with van der Waals surface area (Å²) in [5.74, 6) is -5.47. The van der Waals surface area contributed by atoms with Crippen LogP contribution in [0.25, 0.3) is 0 Å². The van der Waals surface area contributed by atoms with Gasteiger partial charge >= 0.3 is 18.3 Å². The maximum atomic E-state index is 12.2. The van der Waals surface area contributed by atoms with Crippen LogP contribution in [0.5, 0.6) is 0 Å². The van der Waals surface area contributed by atoms with Gasteiger partial charge in [0.2, 0.25) is 0 Å². The molecule has 0 spiro atoms. The third-order valence-corrected chi connectivity index (χ3v) is 1.34. The molecule has 7 heteroatoms. The molecule has 0 radical (unpaired) electrons. The molecule has 0 aromatic rings. The summed E-state index contributed by atoms with van der Waals surface area (Å²) in [6.45, 7) is -0.255. The van der Waals surface area contributed by atoms with Gasteiger partial charge in [-0.3, -0.25) is 4.79 Å². The second-order valence-corrected chi connectivity index (χ2v) is 2.78. The zero-order valence-corrected chi connectivity index (χ0v) is 7.34. The number of carboxylic acids is 1. The molecular formula is C7H10F4O3. The van der Waals surface area contributed by atoms with Gasteiger partial charge in [-0.2, -0.15) is 8.78 Å². The number of hydrogen-bond acceptors (Lipinski definition) is 2. The fourth-order valence-corrected chi connectivity index (χ4v) is 0.621. The van der Waals surface area contributed by atoms with Gasteiger partial charge in [-0.1, -0.05) is 0 Å². The Morgan fingerprint density at radius 1 is 1.50 bits per heavy atom. The predicted octanol–water partition coefficient (Wildman–Crippen LogP) is 1.77. The normalized spacial score (nSPS) is 14.4. The Morgan fingerprint density at radius 3 is 2.36 bits per heavy atom. The van der Waals surface area contributed by atoms with Gasteiger partial charge < -0.3 is 9.84 Å². The maximum absolute atomic E-state index is 12.2. The number of ether oxygens (including phenoxy) is 1. The highest BCUT2D eigenvalue weighted by Crippen LogP contribution is 2.23. The number of aliphatic carboxylic acids is 1. The van der Waals surface area contributed by atoms with Crippen LogP contribution in [0.1, 0.15) is 13.3 Å². The molecule has 0 aromatic heterocycles. The van der Waals surface area contributed by atoms with Crippen LogP contribution in [-0.2, 0) is 9.53 Å². The summed E-state index contributed by atoms with van der Waals surface area (Å²) in [6, 6.07) is 0. The van der Waals surface area contributed by atoms with E-state index in [1.807, 2.05) is 0 Å². The molecule has 3 nitrogen and oxygen atoms in total. The van der Waals surface area contributed by atoms with Crippen molar-refractivity contribution in [2.24, 2.45) is 0 Å². The first-order valence-electron chi connectivity index (χ1n) is 3.75. The largest absolute Gasteiger partial charge is 0.481 e. The van der Waals surface area contributed by atoms with Gasteiger partial charge in [-0.05, 0) is 6.92 Å². The van der Waals surface area contributed by atoms with E-state index >= 15 is 0 Å². The van der Waals surface area contributed by atoms with Crippen molar-refractivity contribution >= 4 is 5.97 Å². The summed E-state index contributed by atoms with van der Waals surface area (Å²) >= 11 is 0. The lowest BCUT2D eigenvalue weighted by molar-refractivity contribution is -0.177. The number of hydrogen-bond donors (Lipinski definition) is 1. The van der Waals surface area contributed by atoms with Crippen molar-refractivity contribution in [3.05, 3.63) is 0 Å². The Morgan fingerprint density at radius 2 is 2.00 bits per heavy atom. The highest BCUT2D eigenvalue weighted by molar-refractivity contribution is 5.67. The standard InChI is InChI=1S/C7H10F4O3/c1-4(2-5(12)13)14-3-7(10,11)6(8)9/h4,6H,2-3H2,1H3,(H,12,13)/t4-/m1/s1. The summed E-state index contributed by atoms with van der Waals surface area (Å²) in [7, 11) is 0. The van der Waals surface area contributed by atoms with Crippen LogP contribution in [0.4, 0.5) is 17.6 Å². The average molecular weight is 218 g/mol. The summed E-state index contributed by atoms with van der Waals surface area (Å²) in [6.07, 6.45) is -5.32. The van der Waals surface area contributed by atoms with E-state index < -0.39 is 37.4 Å². The fourth-order valence-electron chi connectivity index (χ4n) is 0.621. The first-order valence-corrected chi connectivity index (χ1v) is 3.75. The van der Waals surface area contributed by atoms with E-state index in [2.05, 4.69) is 4.74 Å². The van der Waals surface area contributed by atoms with E-state index in [1.54, 1.807) is 0 Å². The number of rotatable bonds is 6. The van der Waals surface area contributed by atoms with E-state index in [0.29, 0.717) is 0 Å². The topological polar surface area (TPSA) is 46.5 Å². The Balaban J connectivity index is 3.87. The van der Waals surface area contributed by atoms with Crippen molar-refractivity contribution in [1.82, 2.24) is 0 Å². The predicted molar refractivity (Wildman–Crippen MR) is 38.6 cm³/mol.